The zero-order chi connectivity index (χ0) is 17.3. The number of methoxy groups -OCH3 is 1. The second kappa shape index (κ2) is 6.11. The molecular formula is C17H14FN3O3. The van der Waals surface area contributed by atoms with Crippen LogP contribution in [0.4, 0.5) is 4.39 Å². The first kappa shape index (κ1) is 15.7. The van der Waals surface area contributed by atoms with Gasteiger partial charge in [0.25, 0.3) is 5.56 Å². The summed E-state index contributed by atoms with van der Waals surface area (Å²) < 4.78 is 20.7. The van der Waals surface area contributed by atoms with Gasteiger partial charge in [0, 0.05) is 36.3 Å². The first-order valence-electron chi connectivity index (χ1n) is 7.09. The van der Waals surface area contributed by atoms with Crippen molar-refractivity contribution in [2.45, 2.75) is 0 Å². The van der Waals surface area contributed by atoms with Crippen molar-refractivity contribution in [1.82, 2.24) is 14.3 Å². The molecule has 0 bridgehead atoms. The molecule has 0 saturated heterocycles. The van der Waals surface area contributed by atoms with Crippen LogP contribution in [0.2, 0.25) is 0 Å². The van der Waals surface area contributed by atoms with Crippen LogP contribution in [-0.2, 0) is 11.8 Å². The number of benzene rings is 1. The van der Waals surface area contributed by atoms with Gasteiger partial charge in [0.2, 0.25) is 0 Å². The van der Waals surface area contributed by atoms with Gasteiger partial charge in [0.1, 0.15) is 11.4 Å². The highest BCUT2D eigenvalue weighted by molar-refractivity contribution is 5.90. The fraction of sp³-hybridized carbons (Fsp3) is 0.118. The molecule has 0 fully saturated rings. The van der Waals surface area contributed by atoms with Crippen LogP contribution >= 0.6 is 0 Å². The smallest absolute Gasteiger partial charge is 0.343 e. The van der Waals surface area contributed by atoms with Gasteiger partial charge in [-0.15, -0.1) is 0 Å². The van der Waals surface area contributed by atoms with Crippen LogP contribution in [0, 0.1) is 5.82 Å². The highest BCUT2D eigenvalue weighted by Crippen LogP contribution is 2.20. The number of hydrogen-bond donors (Lipinski definition) is 0. The van der Waals surface area contributed by atoms with E-state index in [4.69, 9.17) is 4.74 Å². The number of aromatic nitrogens is 3. The third-order valence-electron chi connectivity index (χ3n) is 3.57. The van der Waals surface area contributed by atoms with Gasteiger partial charge in [-0.3, -0.25) is 14.0 Å². The molecule has 6 nitrogen and oxygen atoms in total. The number of esters is 1. The summed E-state index contributed by atoms with van der Waals surface area (Å²) in [5.41, 5.74) is 1.15. The van der Waals surface area contributed by atoms with E-state index >= 15 is 0 Å². The van der Waals surface area contributed by atoms with Crippen molar-refractivity contribution in [3.8, 4) is 16.8 Å². The third kappa shape index (κ3) is 2.83. The predicted octanol–water partition coefficient (Wildman–Crippen LogP) is 2.16. The number of ether oxygens (including phenoxy) is 1. The Kier molecular flexibility index (Phi) is 3.99. The first-order valence-corrected chi connectivity index (χ1v) is 7.09. The maximum absolute atomic E-state index is 13.1. The Morgan fingerprint density at radius 1 is 1.17 bits per heavy atom. The largest absolute Gasteiger partial charge is 0.465 e. The molecule has 0 radical (unpaired) electrons. The maximum atomic E-state index is 13.1. The minimum atomic E-state index is -0.735. The van der Waals surface area contributed by atoms with E-state index in [1.54, 1.807) is 30.3 Å². The van der Waals surface area contributed by atoms with Gasteiger partial charge in [-0.1, -0.05) is 0 Å². The number of nitrogens with zero attached hydrogens (tertiary/aromatic N) is 3. The molecule has 2 aromatic heterocycles. The van der Waals surface area contributed by atoms with Crippen molar-refractivity contribution in [2.24, 2.45) is 7.05 Å². The number of carbonyl (C=O) groups excluding carboxylic acids is 1. The molecule has 0 aliphatic rings. The normalized spacial score (nSPS) is 10.6. The summed E-state index contributed by atoms with van der Waals surface area (Å²) in [6, 6.07) is 6.88. The van der Waals surface area contributed by atoms with Crippen molar-refractivity contribution in [3.05, 3.63) is 70.7 Å². The van der Waals surface area contributed by atoms with Crippen LogP contribution in [0.5, 0.6) is 0 Å². The van der Waals surface area contributed by atoms with Crippen LogP contribution in [0.25, 0.3) is 16.8 Å². The summed E-state index contributed by atoms with van der Waals surface area (Å²) in [4.78, 5) is 24.5. The summed E-state index contributed by atoms with van der Waals surface area (Å²) in [5.74, 6) is -1.15. The molecule has 24 heavy (non-hydrogen) atoms. The van der Waals surface area contributed by atoms with E-state index in [9.17, 15) is 14.0 Å². The van der Waals surface area contributed by atoms with Crippen LogP contribution < -0.4 is 5.56 Å². The number of aryl methyl sites for hydroxylation is 1. The zero-order valence-corrected chi connectivity index (χ0v) is 13.1. The van der Waals surface area contributed by atoms with Crippen LogP contribution in [0.15, 0.2) is 53.7 Å². The van der Waals surface area contributed by atoms with Crippen LogP contribution in [-0.4, -0.2) is 27.4 Å². The lowest BCUT2D eigenvalue weighted by atomic mass is 10.1. The van der Waals surface area contributed by atoms with Crippen molar-refractivity contribution >= 4 is 5.97 Å². The Labute approximate surface area is 136 Å². The molecule has 0 unspecified atom stereocenters. The number of pyridine rings is 1. The lowest BCUT2D eigenvalue weighted by molar-refractivity contribution is 0.0598. The van der Waals surface area contributed by atoms with Crippen molar-refractivity contribution in [1.29, 1.82) is 0 Å². The van der Waals surface area contributed by atoms with Gasteiger partial charge < -0.3 is 4.74 Å². The number of carbonyl (C=O) groups is 1. The summed E-state index contributed by atoms with van der Waals surface area (Å²) in [6.45, 7) is 0. The summed E-state index contributed by atoms with van der Waals surface area (Å²) in [7, 11) is 2.97. The first-order chi connectivity index (χ1) is 11.5. The molecule has 0 aliphatic heterocycles. The van der Waals surface area contributed by atoms with E-state index in [2.05, 4.69) is 5.10 Å². The Morgan fingerprint density at radius 3 is 2.46 bits per heavy atom. The van der Waals surface area contributed by atoms with E-state index in [1.165, 1.54) is 42.0 Å². The van der Waals surface area contributed by atoms with Crippen molar-refractivity contribution in [3.63, 3.8) is 0 Å². The minimum absolute atomic E-state index is 0.108. The lowest BCUT2D eigenvalue weighted by Crippen LogP contribution is -2.25. The predicted molar refractivity (Wildman–Crippen MR) is 85.5 cm³/mol. The fourth-order valence-corrected chi connectivity index (χ4v) is 2.36. The Hall–Kier alpha value is -3.22. The molecule has 0 atom stereocenters. The number of hydrogen-bond acceptors (Lipinski definition) is 4. The molecule has 0 spiro atoms. The Balaban J connectivity index is 2.25. The summed E-state index contributed by atoms with van der Waals surface area (Å²) in [5, 5.41) is 4.09. The van der Waals surface area contributed by atoms with E-state index in [0.717, 1.165) is 5.56 Å². The standard InChI is InChI=1S/C17H14FN3O3/c1-20-9-12(8-19-20)11-7-15(17(23)24-2)16(22)21(10-11)14-5-3-13(18)4-6-14/h3-10H,1-2H3. The SMILES string of the molecule is COC(=O)c1cc(-c2cnn(C)c2)cn(-c2ccc(F)cc2)c1=O. The van der Waals surface area contributed by atoms with Gasteiger partial charge in [-0.25, -0.2) is 9.18 Å². The van der Waals surface area contributed by atoms with Gasteiger partial charge in [-0.2, -0.15) is 5.10 Å². The number of rotatable bonds is 3. The molecule has 0 aliphatic carbocycles. The fourth-order valence-electron chi connectivity index (χ4n) is 2.36. The average Bonchev–Trinajstić information content (AvgIpc) is 3.02. The minimum Gasteiger partial charge on any atom is -0.465 e. The average molecular weight is 327 g/mol. The molecule has 3 aromatic rings. The molecule has 1 aromatic carbocycles. The summed E-state index contributed by atoms with van der Waals surface area (Å²) >= 11 is 0. The number of halogens is 1. The zero-order valence-electron chi connectivity index (χ0n) is 13.1. The highest BCUT2D eigenvalue weighted by atomic mass is 19.1. The van der Waals surface area contributed by atoms with Crippen LogP contribution in [0.3, 0.4) is 0 Å². The van der Waals surface area contributed by atoms with E-state index in [0.29, 0.717) is 11.3 Å². The highest BCUT2D eigenvalue weighted by Gasteiger charge is 2.17. The lowest BCUT2D eigenvalue weighted by Gasteiger charge is -2.10. The van der Waals surface area contributed by atoms with Gasteiger partial charge in [0.05, 0.1) is 13.3 Å². The summed E-state index contributed by atoms with van der Waals surface area (Å²) in [6.07, 6.45) is 4.96. The Bertz CT molecular complexity index is 958. The topological polar surface area (TPSA) is 66.1 Å². The van der Waals surface area contributed by atoms with E-state index in [1.807, 2.05) is 0 Å². The quantitative estimate of drug-likeness (QED) is 0.692. The monoisotopic (exact) mass is 327 g/mol. The van der Waals surface area contributed by atoms with Crippen molar-refractivity contribution in [2.75, 3.05) is 7.11 Å². The molecule has 122 valence electrons. The van der Waals surface area contributed by atoms with E-state index < -0.39 is 17.3 Å². The molecule has 0 saturated carbocycles. The molecule has 3 rings (SSSR count). The van der Waals surface area contributed by atoms with E-state index in [-0.39, 0.29) is 5.56 Å². The van der Waals surface area contributed by atoms with Gasteiger partial charge in [0.15, 0.2) is 0 Å². The third-order valence-corrected chi connectivity index (χ3v) is 3.57. The van der Waals surface area contributed by atoms with Crippen molar-refractivity contribution < 1.29 is 13.9 Å². The van der Waals surface area contributed by atoms with Gasteiger partial charge in [-0.05, 0) is 30.3 Å². The molecular weight excluding hydrogens is 313 g/mol. The van der Waals surface area contributed by atoms with Gasteiger partial charge >= 0.3 is 5.97 Å². The second-order valence-corrected chi connectivity index (χ2v) is 5.19. The molecule has 0 N–H and O–H groups in total. The Morgan fingerprint density at radius 2 is 1.88 bits per heavy atom. The molecule has 2 heterocycles. The second-order valence-electron chi connectivity index (χ2n) is 5.19. The van der Waals surface area contributed by atoms with Crippen LogP contribution in [0.1, 0.15) is 10.4 Å². The molecule has 7 heteroatoms. The maximum Gasteiger partial charge on any atom is 0.343 e. The molecule has 0 amide bonds.